The molecule has 3 heteroatoms. The van der Waals surface area contributed by atoms with Crippen molar-refractivity contribution in [1.29, 1.82) is 0 Å². The van der Waals surface area contributed by atoms with E-state index >= 15 is 0 Å². The average Bonchev–Trinajstić information content (AvgIpc) is 1.84. The third kappa shape index (κ3) is 3.78. The van der Waals surface area contributed by atoms with E-state index in [-0.39, 0.29) is 11.5 Å². The Morgan fingerprint density at radius 1 is 1.55 bits per heavy atom. The molecule has 0 aliphatic rings. The van der Waals surface area contributed by atoms with Crippen LogP contribution in [0, 0.1) is 5.92 Å². The number of carboxylic acids is 1. The molecule has 0 rings (SSSR count). The Hall–Kier alpha value is -0.830. The fraction of sp³-hybridized carbons (Fsp3) is 0.625. The molecule has 0 radical (unpaired) electrons. The van der Waals surface area contributed by atoms with Gasteiger partial charge in [-0.1, -0.05) is 20.4 Å². The number of hydrogen-bond donors (Lipinski definition) is 2. The van der Waals surface area contributed by atoms with Crippen LogP contribution in [0.5, 0.6) is 0 Å². The number of aliphatic hydroxyl groups is 1. The third-order valence-electron chi connectivity index (χ3n) is 1.37. The Labute approximate surface area is 66.4 Å². The van der Waals surface area contributed by atoms with Crippen LogP contribution in [0.4, 0.5) is 0 Å². The second-order valence-corrected chi connectivity index (χ2v) is 2.98. The van der Waals surface area contributed by atoms with Crippen molar-refractivity contribution in [1.82, 2.24) is 0 Å². The van der Waals surface area contributed by atoms with Crippen molar-refractivity contribution in [3.8, 4) is 0 Å². The summed E-state index contributed by atoms with van der Waals surface area (Å²) in [6, 6.07) is 0. The number of carbonyl (C=O) groups is 1. The highest BCUT2D eigenvalue weighted by Gasteiger charge is 2.15. The Morgan fingerprint density at radius 3 is 2.27 bits per heavy atom. The van der Waals surface area contributed by atoms with Crippen LogP contribution in [-0.4, -0.2) is 22.3 Å². The maximum atomic E-state index is 10.3. The first-order valence-electron chi connectivity index (χ1n) is 3.55. The molecule has 1 atom stereocenters. The molecule has 0 amide bonds. The molecule has 0 fully saturated rings. The molecule has 1 unspecified atom stereocenters. The van der Waals surface area contributed by atoms with E-state index in [1.165, 1.54) is 0 Å². The lowest BCUT2D eigenvalue weighted by atomic mass is 10.0. The van der Waals surface area contributed by atoms with Gasteiger partial charge in [0.15, 0.2) is 0 Å². The molecule has 2 N–H and O–H groups in total. The van der Waals surface area contributed by atoms with Gasteiger partial charge in [0.1, 0.15) is 0 Å². The highest BCUT2D eigenvalue weighted by molar-refractivity contribution is 5.86. The van der Waals surface area contributed by atoms with Crippen molar-refractivity contribution < 1.29 is 15.0 Å². The smallest absolute Gasteiger partial charge is 0.333 e. The van der Waals surface area contributed by atoms with Gasteiger partial charge in [0.2, 0.25) is 0 Å². The van der Waals surface area contributed by atoms with Crippen LogP contribution < -0.4 is 0 Å². The Kier molecular flexibility index (Phi) is 3.82. The van der Waals surface area contributed by atoms with Crippen LogP contribution in [0.25, 0.3) is 0 Å². The molecule has 64 valence electrons. The van der Waals surface area contributed by atoms with E-state index in [1.54, 1.807) is 0 Å². The zero-order valence-electron chi connectivity index (χ0n) is 6.87. The first-order chi connectivity index (χ1) is 4.95. The van der Waals surface area contributed by atoms with Crippen molar-refractivity contribution in [3.05, 3.63) is 12.2 Å². The molecule has 0 bridgehead atoms. The monoisotopic (exact) mass is 158 g/mol. The van der Waals surface area contributed by atoms with Gasteiger partial charge in [-0.2, -0.15) is 0 Å². The lowest BCUT2D eigenvalue weighted by Gasteiger charge is -2.11. The van der Waals surface area contributed by atoms with Gasteiger partial charge in [0.25, 0.3) is 0 Å². The van der Waals surface area contributed by atoms with E-state index in [1.807, 2.05) is 13.8 Å². The van der Waals surface area contributed by atoms with Crippen molar-refractivity contribution in [2.24, 2.45) is 5.92 Å². The first-order valence-corrected chi connectivity index (χ1v) is 3.55. The van der Waals surface area contributed by atoms with Gasteiger partial charge in [-0.3, -0.25) is 0 Å². The van der Waals surface area contributed by atoms with Crippen LogP contribution in [0.2, 0.25) is 0 Å². The van der Waals surface area contributed by atoms with Crippen LogP contribution >= 0.6 is 0 Å². The van der Waals surface area contributed by atoms with Gasteiger partial charge in [0, 0.05) is 0 Å². The largest absolute Gasteiger partial charge is 0.478 e. The predicted molar refractivity (Wildman–Crippen MR) is 42.2 cm³/mol. The molecule has 0 heterocycles. The number of aliphatic hydroxyl groups excluding tert-OH is 1. The molecule has 0 aromatic heterocycles. The van der Waals surface area contributed by atoms with Gasteiger partial charge in [-0.25, -0.2) is 4.79 Å². The number of hydrogen-bond acceptors (Lipinski definition) is 2. The fourth-order valence-corrected chi connectivity index (χ4v) is 0.731. The van der Waals surface area contributed by atoms with E-state index in [9.17, 15) is 9.90 Å². The number of carboxylic acid groups (broad SMARTS) is 1. The van der Waals surface area contributed by atoms with E-state index in [2.05, 4.69) is 6.58 Å². The van der Waals surface area contributed by atoms with Crippen molar-refractivity contribution in [2.45, 2.75) is 26.4 Å². The minimum atomic E-state index is -1.13. The summed E-state index contributed by atoms with van der Waals surface area (Å²) in [5.41, 5.74) is -0.126. The highest BCUT2D eigenvalue weighted by atomic mass is 16.4. The summed E-state index contributed by atoms with van der Waals surface area (Å²) in [6.45, 7) is 7.09. The lowest BCUT2D eigenvalue weighted by Crippen LogP contribution is -2.18. The van der Waals surface area contributed by atoms with Gasteiger partial charge < -0.3 is 10.2 Å². The summed E-state index contributed by atoms with van der Waals surface area (Å²) < 4.78 is 0. The summed E-state index contributed by atoms with van der Waals surface area (Å²) >= 11 is 0. The summed E-state index contributed by atoms with van der Waals surface area (Å²) in [5.74, 6) is -0.848. The molecule has 11 heavy (non-hydrogen) atoms. The van der Waals surface area contributed by atoms with Crippen molar-refractivity contribution >= 4 is 5.97 Å². The Bertz CT molecular complexity index is 161. The molecular formula is C8H14O3. The van der Waals surface area contributed by atoms with Gasteiger partial charge >= 0.3 is 5.97 Å². The predicted octanol–water partition coefficient (Wildman–Crippen LogP) is 1.03. The normalized spacial score (nSPS) is 13.1. The molecule has 0 saturated carbocycles. The second kappa shape index (κ2) is 4.13. The fourth-order valence-electron chi connectivity index (χ4n) is 0.731. The Morgan fingerprint density at radius 2 is 2.00 bits per heavy atom. The first kappa shape index (κ1) is 10.2. The van der Waals surface area contributed by atoms with Crippen LogP contribution in [0.1, 0.15) is 20.3 Å². The van der Waals surface area contributed by atoms with E-state index in [4.69, 9.17) is 5.11 Å². The minimum absolute atomic E-state index is 0.126. The number of rotatable bonds is 4. The lowest BCUT2D eigenvalue weighted by molar-refractivity contribution is -0.133. The van der Waals surface area contributed by atoms with Crippen molar-refractivity contribution in [2.75, 3.05) is 0 Å². The van der Waals surface area contributed by atoms with Crippen LogP contribution in [0.15, 0.2) is 12.2 Å². The molecule has 0 aliphatic carbocycles. The zero-order chi connectivity index (χ0) is 9.02. The quantitative estimate of drug-likeness (QED) is 0.601. The number of aliphatic carboxylic acids is 1. The van der Waals surface area contributed by atoms with E-state index < -0.39 is 12.1 Å². The maximum absolute atomic E-state index is 10.3. The zero-order valence-corrected chi connectivity index (χ0v) is 6.87. The highest BCUT2D eigenvalue weighted by Crippen LogP contribution is 2.10. The molecule has 0 aromatic carbocycles. The Balaban J connectivity index is 3.93. The van der Waals surface area contributed by atoms with Crippen LogP contribution in [0.3, 0.4) is 0 Å². The topological polar surface area (TPSA) is 57.5 Å². The molecule has 0 saturated heterocycles. The molecule has 3 nitrogen and oxygen atoms in total. The summed E-state index contributed by atoms with van der Waals surface area (Å²) in [7, 11) is 0. The summed E-state index contributed by atoms with van der Waals surface area (Å²) in [5, 5.41) is 17.6. The summed E-state index contributed by atoms with van der Waals surface area (Å²) in [4.78, 5) is 10.3. The standard InChI is InChI=1S/C8H14O3/c1-5(2)4-7(9)6(3)8(10)11/h5,7,9H,3-4H2,1-2H3,(H,10,11). The SMILES string of the molecule is C=C(C(=O)O)C(O)CC(C)C. The van der Waals surface area contributed by atoms with E-state index in [0.29, 0.717) is 6.42 Å². The van der Waals surface area contributed by atoms with E-state index in [0.717, 1.165) is 0 Å². The average molecular weight is 158 g/mol. The molecule has 0 spiro atoms. The van der Waals surface area contributed by atoms with Gasteiger partial charge in [0.05, 0.1) is 11.7 Å². The van der Waals surface area contributed by atoms with Crippen molar-refractivity contribution in [3.63, 3.8) is 0 Å². The van der Waals surface area contributed by atoms with Crippen LogP contribution in [-0.2, 0) is 4.79 Å². The minimum Gasteiger partial charge on any atom is -0.478 e. The van der Waals surface area contributed by atoms with Gasteiger partial charge in [-0.05, 0) is 12.3 Å². The molecular weight excluding hydrogens is 144 g/mol. The summed E-state index contributed by atoms with van der Waals surface area (Å²) in [6.07, 6.45) is -0.460. The maximum Gasteiger partial charge on any atom is 0.333 e. The van der Waals surface area contributed by atoms with Gasteiger partial charge in [-0.15, -0.1) is 0 Å². The molecule has 0 aromatic rings. The second-order valence-electron chi connectivity index (χ2n) is 2.98. The molecule has 0 aliphatic heterocycles. The third-order valence-corrected chi connectivity index (χ3v) is 1.37.